The van der Waals surface area contributed by atoms with Crippen LogP contribution in [-0.2, 0) is 20.8 Å². The summed E-state index contributed by atoms with van der Waals surface area (Å²) in [6.45, 7) is 5.77. The fourth-order valence-corrected chi connectivity index (χ4v) is 3.48. The fraction of sp³-hybridized carbons (Fsp3) is 0.500. The second kappa shape index (κ2) is 9.09. The molecular formula is C20H26FN7O4. The van der Waals surface area contributed by atoms with Crippen LogP contribution < -0.4 is 10.6 Å². The topological polar surface area (TPSA) is 128 Å². The van der Waals surface area contributed by atoms with Crippen LogP contribution >= 0.6 is 0 Å². The summed E-state index contributed by atoms with van der Waals surface area (Å²) >= 11 is 0. The van der Waals surface area contributed by atoms with E-state index in [9.17, 15) is 9.18 Å². The zero-order valence-electron chi connectivity index (χ0n) is 18.3. The number of anilines is 2. The number of aromatic nitrogens is 5. The smallest absolute Gasteiger partial charge is 0.407 e. The van der Waals surface area contributed by atoms with Crippen molar-refractivity contribution in [1.29, 1.82) is 0 Å². The molecule has 3 aromatic rings. The van der Waals surface area contributed by atoms with Crippen molar-refractivity contribution in [2.24, 2.45) is 0 Å². The quantitative estimate of drug-likeness (QED) is 0.504. The second-order valence-corrected chi connectivity index (χ2v) is 7.90. The van der Waals surface area contributed by atoms with Gasteiger partial charge in [0.2, 0.25) is 0 Å². The number of rotatable bonds is 7. The highest BCUT2D eigenvalue weighted by molar-refractivity contribution is 5.72. The minimum absolute atomic E-state index is 0.0444. The van der Waals surface area contributed by atoms with Gasteiger partial charge in [-0.1, -0.05) is 0 Å². The Hall–Kier alpha value is -3.25. The highest BCUT2D eigenvalue weighted by Crippen LogP contribution is 2.33. The summed E-state index contributed by atoms with van der Waals surface area (Å²) in [5, 5.41) is 17.2. The molecule has 1 fully saturated rings. The number of hydrogen-bond donors (Lipinski definition) is 3. The van der Waals surface area contributed by atoms with Gasteiger partial charge in [0.15, 0.2) is 23.9 Å². The molecule has 3 aromatic heterocycles. The zero-order valence-corrected chi connectivity index (χ0v) is 18.3. The van der Waals surface area contributed by atoms with Crippen LogP contribution in [-0.4, -0.2) is 62.9 Å². The molecule has 1 aliphatic heterocycles. The lowest BCUT2D eigenvalue weighted by Crippen LogP contribution is -2.36. The molecule has 1 amide bonds. The normalized spacial score (nSPS) is 20.8. The van der Waals surface area contributed by atoms with Crippen LogP contribution in [0.3, 0.4) is 0 Å². The number of halogens is 1. The number of nitrogens with zero attached hydrogens (tertiary/aromatic N) is 4. The molecule has 32 heavy (non-hydrogen) atoms. The van der Waals surface area contributed by atoms with Gasteiger partial charge in [0.05, 0.1) is 36.5 Å². The fourth-order valence-electron chi connectivity index (χ4n) is 3.48. The summed E-state index contributed by atoms with van der Waals surface area (Å²) in [7, 11) is 1.60. The second-order valence-electron chi connectivity index (χ2n) is 7.90. The van der Waals surface area contributed by atoms with Crippen molar-refractivity contribution in [2.75, 3.05) is 19.0 Å². The van der Waals surface area contributed by atoms with Crippen molar-refractivity contribution < 1.29 is 23.4 Å². The van der Waals surface area contributed by atoms with Crippen molar-refractivity contribution in [3.05, 3.63) is 35.4 Å². The Balaban J connectivity index is 1.47. The van der Waals surface area contributed by atoms with Crippen molar-refractivity contribution in [1.82, 2.24) is 30.1 Å². The van der Waals surface area contributed by atoms with Crippen molar-refractivity contribution >= 4 is 23.2 Å². The van der Waals surface area contributed by atoms with Crippen molar-refractivity contribution in [2.45, 2.75) is 51.8 Å². The predicted molar refractivity (Wildman–Crippen MR) is 112 cm³/mol. The Morgan fingerprint density at radius 2 is 2.25 bits per heavy atom. The maximum Gasteiger partial charge on any atom is 0.407 e. The van der Waals surface area contributed by atoms with Gasteiger partial charge < -0.3 is 24.8 Å². The molecule has 4 heterocycles. The standard InChI is InChI=1S/C20H26FN7O4/c1-10(2)22-20(29)32-15-9-31-18(17(15)21)13-6-16(26-25-13)24-19-14-5-12(8-30-4)27-28(14)7-11(3)23-19/h5-7,10,15,17-18H,8-9H2,1-4H3,(H,22,29)(H2,23,24,25,26)/t15-,17-,18-/m0/s1. The van der Waals surface area contributed by atoms with Crippen LogP contribution in [0, 0.1) is 6.92 Å². The molecule has 1 saturated heterocycles. The van der Waals surface area contributed by atoms with Gasteiger partial charge in [0.25, 0.3) is 0 Å². The van der Waals surface area contributed by atoms with Crippen LogP contribution in [0.15, 0.2) is 18.3 Å². The van der Waals surface area contributed by atoms with Crippen molar-refractivity contribution in [3.63, 3.8) is 0 Å². The number of methoxy groups -OCH3 is 1. The average Bonchev–Trinajstić information content (AvgIpc) is 3.41. The number of alkyl halides is 1. The third-order valence-electron chi connectivity index (χ3n) is 4.82. The molecule has 12 heteroatoms. The predicted octanol–water partition coefficient (Wildman–Crippen LogP) is 2.56. The molecule has 0 unspecified atom stereocenters. The highest BCUT2D eigenvalue weighted by atomic mass is 19.1. The van der Waals surface area contributed by atoms with Gasteiger partial charge in [-0.05, 0) is 26.8 Å². The monoisotopic (exact) mass is 447 g/mol. The lowest BCUT2D eigenvalue weighted by Gasteiger charge is -2.16. The number of ether oxygens (including phenoxy) is 3. The Morgan fingerprint density at radius 1 is 1.44 bits per heavy atom. The molecule has 3 N–H and O–H groups in total. The van der Waals surface area contributed by atoms with Gasteiger partial charge in [-0.15, -0.1) is 0 Å². The number of hydrogen-bond acceptors (Lipinski definition) is 8. The summed E-state index contributed by atoms with van der Waals surface area (Å²) < 4.78 is 32.4. The Bertz CT molecular complexity index is 1100. The molecule has 3 atom stereocenters. The van der Waals surface area contributed by atoms with E-state index in [1.54, 1.807) is 31.5 Å². The molecule has 0 aliphatic carbocycles. The minimum atomic E-state index is -1.53. The van der Waals surface area contributed by atoms with E-state index in [0.29, 0.717) is 23.9 Å². The SMILES string of the molecule is COCc1cc2c(Nc3cc([C@@H]4OC[C@H](OC(=O)NC(C)C)[C@@H]4F)[nH]n3)nc(C)cn2n1. The van der Waals surface area contributed by atoms with E-state index in [1.807, 2.05) is 19.2 Å². The Morgan fingerprint density at radius 3 is 3.00 bits per heavy atom. The summed E-state index contributed by atoms with van der Waals surface area (Å²) in [5.41, 5.74) is 2.69. The van der Waals surface area contributed by atoms with E-state index in [0.717, 1.165) is 16.9 Å². The van der Waals surface area contributed by atoms with E-state index < -0.39 is 24.5 Å². The van der Waals surface area contributed by atoms with Gasteiger partial charge in [0, 0.05) is 19.2 Å². The third kappa shape index (κ3) is 4.65. The van der Waals surface area contributed by atoms with Gasteiger partial charge >= 0.3 is 6.09 Å². The number of carbonyl (C=O) groups excluding carboxylic acids is 1. The van der Waals surface area contributed by atoms with Crippen LogP contribution in [0.2, 0.25) is 0 Å². The first kappa shape index (κ1) is 22.0. The molecule has 0 aromatic carbocycles. The highest BCUT2D eigenvalue weighted by Gasteiger charge is 2.42. The number of amides is 1. The summed E-state index contributed by atoms with van der Waals surface area (Å²) in [6.07, 6.45) is -2.32. The zero-order chi connectivity index (χ0) is 22.8. The first-order chi connectivity index (χ1) is 15.3. The number of aromatic amines is 1. The van der Waals surface area contributed by atoms with E-state index in [2.05, 4.69) is 30.9 Å². The van der Waals surface area contributed by atoms with Crippen LogP contribution in [0.5, 0.6) is 0 Å². The maximum absolute atomic E-state index is 14.9. The molecular weight excluding hydrogens is 421 g/mol. The number of nitrogens with one attached hydrogen (secondary N) is 3. The summed E-state index contributed by atoms with van der Waals surface area (Å²) in [6, 6.07) is 3.40. The van der Waals surface area contributed by atoms with E-state index in [1.165, 1.54) is 0 Å². The lowest BCUT2D eigenvalue weighted by molar-refractivity contribution is 0.0615. The number of alkyl carbamates (subject to hydrolysis) is 1. The molecule has 0 saturated carbocycles. The van der Waals surface area contributed by atoms with Gasteiger partial charge in [0.1, 0.15) is 11.6 Å². The molecule has 0 bridgehead atoms. The van der Waals surface area contributed by atoms with E-state index in [-0.39, 0.29) is 12.6 Å². The maximum atomic E-state index is 14.9. The first-order valence-corrected chi connectivity index (χ1v) is 10.2. The molecule has 1 aliphatic rings. The summed E-state index contributed by atoms with van der Waals surface area (Å²) in [5.74, 6) is 0.987. The molecule has 4 rings (SSSR count). The molecule has 0 radical (unpaired) electrons. The lowest BCUT2D eigenvalue weighted by atomic mass is 10.1. The van der Waals surface area contributed by atoms with E-state index >= 15 is 0 Å². The Labute approximate surface area is 183 Å². The first-order valence-electron chi connectivity index (χ1n) is 10.2. The molecule has 172 valence electrons. The van der Waals surface area contributed by atoms with Gasteiger partial charge in [-0.25, -0.2) is 18.7 Å². The number of H-pyrrole nitrogens is 1. The molecule has 11 nitrogen and oxygen atoms in total. The third-order valence-corrected chi connectivity index (χ3v) is 4.82. The Kier molecular flexibility index (Phi) is 6.24. The largest absolute Gasteiger partial charge is 0.441 e. The number of carbonyl (C=O) groups is 1. The van der Waals surface area contributed by atoms with Gasteiger partial charge in [-0.2, -0.15) is 10.2 Å². The van der Waals surface area contributed by atoms with Crippen LogP contribution in [0.1, 0.15) is 37.0 Å². The van der Waals surface area contributed by atoms with Crippen LogP contribution in [0.4, 0.5) is 20.8 Å². The van der Waals surface area contributed by atoms with E-state index in [4.69, 9.17) is 14.2 Å². The van der Waals surface area contributed by atoms with Crippen molar-refractivity contribution in [3.8, 4) is 0 Å². The van der Waals surface area contributed by atoms with Gasteiger partial charge in [-0.3, -0.25) is 5.10 Å². The average molecular weight is 447 g/mol. The number of aryl methyl sites for hydroxylation is 1. The minimum Gasteiger partial charge on any atom is -0.441 e. The van der Waals surface area contributed by atoms with Crippen LogP contribution in [0.25, 0.3) is 5.52 Å². The number of fused-ring (bicyclic) bond motifs is 1. The molecule has 0 spiro atoms. The summed E-state index contributed by atoms with van der Waals surface area (Å²) in [4.78, 5) is 16.3.